The summed E-state index contributed by atoms with van der Waals surface area (Å²) < 4.78 is 6.51. The summed E-state index contributed by atoms with van der Waals surface area (Å²) in [5.74, 6) is 0.252. The van der Waals surface area contributed by atoms with E-state index >= 15 is 0 Å². The second kappa shape index (κ2) is 13.7. The second-order valence-electron chi connectivity index (χ2n) is 11.3. The highest BCUT2D eigenvalue weighted by Gasteiger charge is 2.33. The number of ether oxygens (including phenoxy) is 1. The zero-order chi connectivity index (χ0) is 29.5. The summed E-state index contributed by atoms with van der Waals surface area (Å²) in [5, 5.41) is 15.5. The van der Waals surface area contributed by atoms with Crippen LogP contribution in [-0.2, 0) is 6.54 Å². The van der Waals surface area contributed by atoms with Gasteiger partial charge in [0.25, 0.3) is 5.91 Å². The number of urea groups is 1. The fourth-order valence-electron chi connectivity index (χ4n) is 5.06. The molecule has 0 aromatic heterocycles. The number of carbonyl (C=O) groups excluding carboxylic acids is 2. The lowest BCUT2D eigenvalue weighted by Crippen LogP contribution is -2.49. The topological polar surface area (TPSA) is 94.1 Å². The van der Waals surface area contributed by atoms with Crippen LogP contribution in [0.2, 0.25) is 0 Å². The molecule has 0 saturated heterocycles. The Labute approximate surface area is 243 Å². The molecule has 3 aromatic carbocycles. The average Bonchev–Trinajstić information content (AvgIpc) is 2.95. The Morgan fingerprint density at radius 1 is 1.05 bits per heavy atom. The first kappa shape index (κ1) is 30.1. The van der Waals surface area contributed by atoms with Gasteiger partial charge in [-0.1, -0.05) is 61.5 Å². The number of nitrogens with one attached hydrogen (secondary N) is 2. The quantitative estimate of drug-likeness (QED) is 0.334. The number of hydrogen-bond acceptors (Lipinski definition) is 5. The minimum atomic E-state index is -0.363. The number of benzene rings is 3. The molecule has 0 saturated carbocycles. The standard InChI is InChI=1S/C33H42N4O4/c1-22(2)34-33(40)35-28-15-16-30-29(17-28)32(39)37(24(4)21-38)18-23(3)31(41-30)20-36(5)19-25-11-13-27(14-12-25)26-9-7-6-8-10-26/h6-17,22-24,31,38H,18-21H2,1-5H3,(H2,34,35,40)/t23-,24+,31-/m1/s1. The number of nitrogens with zero attached hydrogens (tertiary/aromatic N) is 2. The Morgan fingerprint density at radius 3 is 2.39 bits per heavy atom. The minimum Gasteiger partial charge on any atom is -0.488 e. The van der Waals surface area contributed by atoms with E-state index < -0.39 is 0 Å². The van der Waals surface area contributed by atoms with Crippen molar-refractivity contribution in [2.75, 3.05) is 32.1 Å². The van der Waals surface area contributed by atoms with Crippen molar-refractivity contribution in [1.29, 1.82) is 0 Å². The summed E-state index contributed by atoms with van der Waals surface area (Å²) in [6.07, 6.45) is -0.202. The lowest BCUT2D eigenvalue weighted by atomic mass is 9.99. The number of aliphatic hydroxyl groups is 1. The molecule has 1 aliphatic rings. The van der Waals surface area contributed by atoms with Crippen molar-refractivity contribution in [3.05, 3.63) is 83.9 Å². The lowest BCUT2D eigenvalue weighted by Gasteiger charge is -2.38. The number of rotatable bonds is 9. The molecule has 0 aliphatic carbocycles. The molecule has 8 heteroatoms. The summed E-state index contributed by atoms with van der Waals surface area (Å²) in [5.41, 5.74) is 4.44. The van der Waals surface area contributed by atoms with Gasteiger partial charge in [0.15, 0.2) is 0 Å². The van der Waals surface area contributed by atoms with Gasteiger partial charge in [-0.3, -0.25) is 9.69 Å². The maximum Gasteiger partial charge on any atom is 0.319 e. The van der Waals surface area contributed by atoms with E-state index in [2.05, 4.69) is 65.9 Å². The van der Waals surface area contributed by atoms with Crippen LogP contribution in [0.15, 0.2) is 72.8 Å². The van der Waals surface area contributed by atoms with Crippen molar-refractivity contribution in [3.63, 3.8) is 0 Å². The van der Waals surface area contributed by atoms with Gasteiger partial charge in [-0.25, -0.2) is 4.79 Å². The maximum absolute atomic E-state index is 13.6. The van der Waals surface area contributed by atoms with Crippen LogP contribution in [0.25, 0.3) is 11.1 Å². The Bertz CT molecular complexity index is 1310. The van der Waals surface area contributed by atoms with Crippen LogP contribution in [0.1, 0.15) is 43.6 Å². The van der Waals surface area contributed by atoms with Crippen molar-refractivity contribution in [3.8, 4) is 16.9 Å². The molecular formula is C33H42N4O4. The summed E-state index contributed by atoms with van der Waals surface area (Å²) in [6.45, 7) is 9.36. The monoisotopic (exact) mass is 558 g/mol. The number of anilines is 1. The predicted molar refractivity (Wildman–Crippen MR) is 163 cm³/mol. The zero-order valence-corrected chi connectivity index (χ0v) is 24.6. The van der Waals surface area contributed by atoms with E-state index in [1.807, 2.05) is 39.0 Å². The molecule has 0 bridgehead atoms. The van der Waals surface area contributed by atoms with Gasteiger partial charge in [-0.2, -0.15) is 0 Å². The largest absolute Gasteiger partial charge is 0.488 e. The first-order valence-corrected chi connectivity index (χ1v) is 14.3. The van der Waals surface area contributed by atoms with E-state index in [0.29, 0.717) is 30.1 Å². The van der Waals surface area contributed by atoms with Crippen LogP contribution in [0, 0.1) is 5.92 Å². The fraction of sp³-hybridized carbons (Fsp3) is 0.394. The van der Waals surface area contributed by atoms with E-state index in [1.165, 1.54) is 16.7 Å². The number of hydrogen-bond donors (Lipinski definition) is 3. The molecule has 0 radical (unpaired) electrons. The normalized spacial score (nSPS) is 17.9. The molecule has 218 valence electrons. The highest BCUT2D eigenvalue weighted by Crippen LogP contribution is 2.31. The predicted octanol–water partition coefficient (Wildman–Crippen LogP) is 5.24. The minimum absolute atomic E-state index is 0.0126. The van der Waals surface area contributed by atoms with Crippen molar-refractivity contribution in [2.45, 2.75) is 52.4 Å². The van der Waals surface area contributed by atoms with Gasteiger partial charge < -0.3 is 25.4 Å². The Kier molecular flexibility index (Phi) is 10.0. The molecule has 4 rings (SSSR count). The van der Waals surface area contributed by atoms with Crippen LogP contribution in [0.3, 0.4) is 0 Å². The highest BCUT2D eigenvalue weighted by molar-refractivity contribution is 5.99. The third-order valence-corrected chi connectivity index (χ3v) is 7.35. The lowest BCUT2D eigenvalue weighted by molar-refractivity contribution is 0.0341. The molecule has 8 nitrogen and oxygen atoms in total. The van der Waals surface area contributed by atoms with Gasteiger partial charge in [-0.15, -0.1) is 0 Å². The van der Waals surface area contributed by atoms with E-state index in [4.69, 9.17) is 4.74 Å². The fourth-order valence-corrected chi connectivity index (χ4v) is 5.06. The molecule has 3 amide bonds. The highest BCUT2D eigenvalue weighted by atomic mass is 16.5. The Morgan fingerprint density at radius 2 is 1.73 bits per heavy atom. The molecule has 3 atom stereocenters. The van der Waals surface area contributed by atoms with Gasteiger partial charge in [0.2, 0.25) is 0 Å². The maximum atomic E-state index is 13.6. The average molecular weight is 559 g/mol. The molecule has 1 heterocycles. The Balaban J connectivity index is 1.52. The molecule has 3 N–H and O–H groups in total. The van der Waals surface area contributed by atoms with E-state index in [0.717, 1.165) is 6.54 Å². The Hall–Kier alpha value is -3.88. The van der Waals surface area contributed by atoms with Crippen molar-refractivity contribution in [1.82, 2.24) is 15.1 Å². The molecular weight excluding hydrogens is 516 g/mol. The number of aliphatic hydroxyl groups excluding tert-OH is 1. The van der Waals surface area contributed by atoms with Crippen molar-refractivity contribution in [2.24, 2.45) is 5.92 Å². The van der Waals surface area contributed by atoms with Crippen LogP contribution in [0.5, 0.6) is 5.75 Å². The molecule has 41 heavy (non-hydrogen) atoms. The molecule has 3 aromatic rings. The van der Waals surface area contributed by atoms with E-state index in [-0.39, 0.29) is 42.7 Å². The molecule has 0 fully saturated rings. The van der Waals surface area contributed by atoms with Gasteiger partial charge in [-0.05, 0) is 62.7 Å². The van der Waals surface area contributed by atoms with Crippen LogP contribution in [-0.4, -0.2) is 71.8 Å². The first-order chi connectivity index (χ1) is 19.6. The molecule has 1 aliphatic heterocycles. The van der Waals surface area contributed by atoms with E-state index in [1.54, 1.807) is 23.1 Å². The van der Waals surface area contributed by atoms with Crippen LogP contribution in [0.4, 0.5) is 10.5 Å². The summed E-state index contributed by atoms with van der Waals surface area (Å²) in [6, 6.07) is 23.3. The van der Waals surface area contributed by atoms with E-state index in [9.17, 15) is 14.7 Å². The zero-order valence-electron chi connectivity index (χ0n) is 24.6. The van der Waals surface area contributed by atoms with Crippen molar-refractivity contribution < 1.29 is 19.4 Å². The van der Waals surface area contributed by atoms with Gasteiger partial charge in [0.05, 0.1) is 18.2 Å². The number of amides is 3. The van der Waals surface area contributed by atoms with Gasteiger partial charge in [0, 0.05) is 37.3 Å². The third kappa shape index (κ3) is 7.86. The van der Waals surface area contributed by atoms with Gasteiger partial charge >= 0.3 is 6.03 Å². The number of likely N-dealkylation sites (N-methyl/N-ethyl adjacent to an activating group) is 1. The molecule has 0 spiro atoms. The number of carbonyl (C=O) groups is 2. The first-order valence-electron chi connectivity index (χ1n) is 14.3. The van der Waals surface area contributed by atoms with Crippen molar-refractivity contribution >= 4 is 17.6 Å². The number of fused-ring (bicyclic) bond motifs is 1. The third-order valence-electron chi connectivity index (χ3n) is 7.35. The van der Waals surface area contributed by atoms with Gasteiger partial charge in [0.1, 0.15) is 11.9 Å². The second-order valence-corrected chi connectivity index (χ2v) is 11.3. The van der Waals surface area contributed by atoms with Crippen LogP contribution >= 0.6 is 0 Å². The summed E-state index contributed by atoms with van der Waals surface area (Å²) in [7, 11) is 2.07. The summed E-state index contributed by atoms with van der Waals surface area (Å²) in [4.78, 5) is 29.9. The SMILES string of the molecule is CC(C)NC(=O)Nc1ccc2c(c1)C(=O)N([C@@H](C)CO)C[C@@H](C)[C@@H](CN(C)Cc1ccc(-c3ccccc3)cc1)O2. The summed E-state index contributed by atoms with van der Waals surface area (Å²) >= 11 is 0. The molecule has 0 unspecified atom stereocenters. The smallest absolute Gasteiger partial charge is 0.319 e. The van der Waals surface area contributed by atoms with Crippen LogP contribution < -0.4 is 15.4 Å².